The van der Waals surface area contributed by atoms with Gasteiger partial charge in [0.15, 0.2) is 0 Å². The van der Waals surface area contributed by atoms with Crippen LogP contribution in [-0.2, 0) is 0 Å². The predicted octanol–water partition coefficient (Wildman–Crippen LogP) is 10.7. The summed E-state index contributed by atoms with van der Waals surface area (Å²) in [7, 11) is 0. The summed E-state index contributed by atoms with van der Waals surface area (Å²) in [5.41, 5.74) is 0. The molecule has 3 aliphatic rings. The number of rotatable bonds is 13. The minimum absolute atomic E-state index is 1.09. The van der Waals surface area contributed by atoms with Gasteiger partial charge in [0.2, 0.25) is 0 Å². The van der Waals surface area contributed by atoms with E-state index in [1.165, 1.54) is 51.4 Å². The molecule has 3 rings (SSSR count). The van der Waals surface area contributed by atoms with Crippen molar-refractivity contribution in [3.63, 3.8) is 0 Å². The van der Waals surface area contributed by atoms with Gasteiger partial charge in [0, 0.05) is 0 Å². The Hall–Kier alpha value is 0. The Bertz CT molecular complexity index is 415. The van der Waals surface area contributed by atoms with Gasteiger partial charge in [0.25, 0.3) is 0 Å². The molecule has 0 amide bonds. The maximum absolute atomic E-state index is 2.35. The van der Waals surface area contributed by atoms with Crippen LogP contribution < -0.4 is 0 Å². The zero-order valence-electron chi connectivity index (χ0n) is 21.7. The Kier molecular flexibility index (Phi) is 12.4. The highest BCUT2D eigenvalue weighted by molar-refractivity contribution is 4.81. The Morgan fingerprint density at radius 3 is 1.06 bits per heavy atom. The Morgan fingerprint density at radius 1 is 0.355 bits per heavy atom. The third kappa shape index (κ3) is 9.80. The van der Waals surface area contributed by atoms with Gasteiger partial charge in [-0.05, 0) is 48.3 Å². The van der Waals surface area contributed by atoms with Crippen molar-refractivity contribution in [3.8, 4) is 0 Å². The second kappa shape index (κ2) is 15.0. The van der Waals surface area contributed by atoms with Crippen LogP contribution in [0.3, 0.4) is 0 Å². The third-order valence-corrected chi connectivity index (χ3v) is 9.91. The van der Waals surface area contributed by atoms with Crippen LogP contribution in [0.1, 0.15) is 162 Å². The molecule has 0 aromatic rings. The fraction of sp³-hybridized carbons (Fsp3) is 1.00. The summed E-state index contributed by atoms with van der Waals surface area (Å²) in [6, 6.07) is 0. The molecular weight excluding hydrogens is 372 g/mol. The van der Waals surface area contributed by atoms with Crippen molar-refractivity contribution in [2.75, 3.05) is 0 Å². The molecule has 0 N–H and O–H groups in total. The first-order valence-electron chi connectivity index (χ1n) is 15.3. The summed E-state index contributed by atoms with van der Waals surface area (Å²) in [6.07, 6.45) is 35.3. The molecule has 0 atom stereocenters. The highest BCUT2D eigenvalue weighted by Gasteiger charge is 2.29. The summed E-state index contributed by atoms with van der Waals surface area (Å²) in [6.45, 7) is 4.68. The highest BCUT2D eigenvalue weighted by atomic mass is 14.3. The first-order valence-corrected chi connectivity index (χ1v) is 15.3. The lowest BCUT2D eigenvalue weighted by Crippen LogP contribution is -2.23. The van der Waals surface area contributed by atoms with E-state index in [2.05, 4.69) is 13.8 Å². The van der Waals surface area contributed by atoms with E-state index in [-0.39, 0.29) is 0 Å². The quantitative estimate of drug-likeness (QED) is 0.255. The van der Waals surface area contributed by atoms with E-state index >= 15 is 0 Å². The van der Waals surface area contributed by atoms with Crippen molar-refractivity contribution < 1.29 is 0 Å². The van der Waals surface area contributed by atoms with E-state index in [0.717, 1.165) is 35.5 Å². The number of unbranched alkanes of at least 4 members (excludes halogenated alkanes) is 5. The van der Waals surface area contributed by atoms with Crippen molar-refractivity contribution >= 4 is 0 Å². The average molecular weight is 431 g/mol. The van der Waals surface area contributed by atoms with Gasteiger partial charge in [0.05, 0.1) is 0 Å². The molecule has 0 aromatic carbocycles. The van der Waals surface area contributed by atoms with Crippen molar-refractivity contribution in [2.24, 2.45) is 35.5 Å². The zero-order valence-corrected chi connectivity index (χ0v) is 21.7. The Morgan fingerprint density at radius 2 is 0.677 bits per heavy atom. The lowest BCUT2D eigenvalue weighted by atomic mass is 9.70. The summed E-state index contributed by atoms with van der Waals surface area (Å²) < 4.78 is 0. The van der Waals surface area contributed by atoms with Gasteiger partial charge in [0.1, 0.15) is 0 Å². The number of hydrogen-bond acceptors (Lipinski definition) is 0. The Labute approximate surface area is 197 Å². The van der Waals surface area contributed by atoms with E-state index in [1.807, 2.05) is 0 Å². The van der Waals surface area contributed by atoms with Gasteiger partial charge in [-0.2, -0.15) is 0 Å². The van der Waals surface area contributed by atoms with Gasteiger partial charge >= 0.3 is 0 Å². The van der Waals surface area contributed by atoms with Crippen LogP contribution in [-0.4, -0.2) is 0 Å². The van der Waals surface area contributed by atoms with Gasteiger partial charge in [-0.1, -0.05) is 149 Å². The standard InChI is InChI=1S/C31H58/c1-3-5-7-8-9-11-27-14-18-29(19-15-27)25-31-22-20-30(21-23-31)24-28-16-12-26(13-17-28)10-6-4-2/h26-31H,3-25H2,1-2H3. The van der Waals surface area contributed by atoms with Gasteiger partial charge in [-0.25, -0.2) is 0 Å². The molecule has 0 saturated heterocycles. The molecule has 0 spiro atoms. The molecule has 0 unspecified atom stereocenters. The van der Waals surface area contributed by atoms with Crippen LogP contribution in [0.25, 0.3) is 0 Å². The van der Waals surface area contributed by atoms with Crippen LogP contribution in [0.5, 0.6) is 0 Å². The maximum Gasteiger partial charge on any atom is -0.0411 e. The average Bonchev–Trinajstić information content (AvgIpc) is 2.81. The van der Waals surface area contributed by atoms with E-state index in [0.29, 0.717) is 0 Å². The summed E-state index contributed by atoms with van der Waals surface area (Å²) in [4.78, 5) is 0. The van der Waals surface area contributed by atoms with E-state index in [9.17, 15) is 0 Å². The van der Waals surface area contributed by atoms with Crippen molar-refractivity contribution in [2.45, 2.75) is 162 Å². The second-order valence-electron chi connectivity index (χ2n) is 12.5. The van der Waals surface area contributed by atoms with Crippen LogP contribution in [0.15, 0.2) is 0 Å². The number of hydrogen-bond donors (Lipinski definition) is 0. The fourth-order valence-electron chi connectivity index (χ4n) is 7.69. The molecule has 0 aliphatic heterocycles. The molecule has 3 aliphatic carbocycles. The fourth-order valence-corrected chi connectivity index (χ4v) is 7.69. The molecule has 0 aromatic heterocycles. The largest absolute Gasteiger partial charge is 0.0654 e. The molecular formula is C31H58. The van der Waals surface area contributed by atoms with Crippen LogP contribution in [0.4, 0.5) is 0 Å². The lowest BCUT2D eigenvalue weighted by Gasteiger charge is -2.36. The predicted molar refractivity (Wildman–Crippen MR) is 138 cm³/mol. The molecule has 3 fully saturated rings. The van der Waals surface area contributed by atoms with Crippen molar-refractivity contribution in [3.05, 3.63) is 0 Å². The van der Waals surface area contributed by atoms with Crippen LogP contribution >= 0.6 is 0 Å². The SMILES string of the molecule is CCCCCCCC1CCC(CC2CCC(CC3CCC(CCCC)CC3)CC2)CC1. The first-order chi connectivity index (χ1) is 15.3. The molecule has 0 heterocycles. The summed E-state index contributed by atoms with van der Waals surface area (Å²) >= 11 is 0. The molecule has 0 heteroatoms. The molecule has 31 heavy (non-hydrogen) atoms. The van der Waals surface area contributed by atoms with Gasteiger partial charge in [-0.15, -0.1) is 0 Å². The normalized spacial score (nSPS) is 34.6. The van der Waals surface area contributed by atoms with Gasteiger partial charge in [-0.3, -0.25) is 0 Å². The van der Waals surface area contributed by atoms with Crippen molar-refractivity contribution in [1.29, 1.82) is 0 Å². The minimum atomic E-state index is 1.09. The summed E-state index contributed by atoms with van der Waals surface area (Å²) in [5, 5.41) is 0. The highest BCUT2D eigenvalue weighted by Crippen LogP contribution is 2.42. The molecule has 0 bridgehead atoms. The molecule has 3 saturated carbocycles. The van der Waals surface area contributed by atoms with Crippen molar-refractivity contribution in [1.82, 2.24) is 0 Å². The van der Waals surface area contributed by atoms with Gasteiger partial charge < -0.3 is 0 Å². The third-order valence-electron chi connectivity index (χ3n) is 9.91. The van der Waals surface area contributed by atoms with E-state index in [1.54, 1.807) is 96.3 Å². The molecule has 0 nitrogen and oxygen atoms in total. The first kappa shape index (κ1) is 25.6. The smallest absolute Gasteiger partial charge is 0.0411 e. The maximum atomic E-state index is 2.35. The monoisotopic (exact) mass is 430 g/mol. The molecule has 0 radical (unpaired) electrons. The topological polar surface area (TPSA) is 0 Å². The Balaban J connectivity index is 1.21. The van der Waals surface area contributed by atoms with Crippen LogP contribution in [0.2, 0.25) is 0 Å². The second-order valence-corrected chi connectivity index (χ2v) is 12.5. The molecule has 182 valence electrons. The minimum Gasteiger partial charge on any atom is -0.0654 e. The van der Waals surface area contributed by atoms with Crippen LogP contribution in [0, 0.1) is 35.5 Å². The zero-order chi connectivity index (χ0) is 21.7. The lowest BCUT2D eigenvalue weighted by molar-refractivity contribution is 0.161. The summed E-state index contributed by atoms with van der Waals surface area (Å²) in [5.74, 6) is 6.55. The van der Waals surface area contributed by atoms with E-state index < -0.39 is 0 Å². The van der Waals surface area contributed by atoms with E-state index in [4.69, 9.17) is 0 Å².